The molecule has 3 atom stereocenters. The first-order valence-corrected chi connectivity index (χ1v) is 7.66. The molecule has 24 heavy (non-hydrogen) atoms. The van der Waals surface area contributed by atoms with Crippen LogP contribution in [0.25, 0.3) is 0 Å². The van der Waals surface area contributed by atoms with Crippen LogP contribution >= 0.6 is 0 Å². The Hall–Kier alpha value is -2.19. The van der Waals surface area contributed by atoms with Crippen LogP contribution in [0, 0.1) is 16.0 Å². The molecule has 2 rings (SSSR count). The van der Waals surface area contributed by atoms with Gasteiger partial charge in [-0.25, -0.2) is 0 Å². The molecule has 0 saturated carbocycles. The van der Waals surface area contributed by atoms with E-state index in [0.717, 1.165) is 0 Å². The third-order valence-corrected chi connectivity index (χ3v) is 4.39. The van der Waals surface area contributed by atoms with Gasteiger partial charge in [0.2, 0.25) is 11.9 Å². The molecule has 1 aromatic rings. The van der Waals surface area contributed by atoms with E-state index in [2.05, 4.69) is 0 Å². The standard InChI is InChI=1S/C16H22N2O6/c1-5-12-13(18(20)21)14(16(23-3)24-4)17(15(12)19)10-6-8-11(22-2)9-7-10/h6-9,12-14,16H,5H2,1-4H3/t12-,13-,14-/m0/s1. The first-order valence-electron chi connectivity index (χ1n) is 7.66. The summed E-state index contributed by atoms with van der Waals surface area (Å²) in [6.07, 6.45) is -0.531. The van der Waals surface area contributed by atoms with E-state index in [1.165, 1.54) is 19.1 Å². The van der Waals surface area contributed by atoms with Gasteiger partial charge in [0.05, 0.1) is 7.11 Å². The molecule has 0 radical (unpaired) electrons. The van der Waals surface area contributed by atoms with Gasteiger partial charge in [0, 0.05) is 24.8 Å². The van der Waals surface area contributed by atoms with E-state index in [0.29, 0.717) is 17.9 Å². The molecule has 132 valence electrons. The maximum absolute atomic E-state index is 12.8. The van der Waals surface area contributed by atoms with Crippen molar-refractivity contribution in [3.8, 4) is 5.75 Å². The van der Waals surface area contributed by atoms with Crippen LogP contribution in [0.2, 0.25) is 0 Å². The van der Waals surface area contributed by atoms with Crippen LogP contribution in [0.4, 0.5) is 5.69 Å². The predicted molar refractivity (Wildman–Crippen MR) is 86.6 cm³/mol. The largest absolute Gasteiger partial charge is 0.497 e. The SMILES string of the molecule is CC[C@@H]1C(=O)N(c2ccc(OC)cc2)[C@H](C(OC)OC)[C@H]1[N+](=O)[O-]. The van der Waals surface area contributed by atoms with Crippen molar-refractivity contribution in [2.45, 2.75) is 31.7 Å². The Kier molecular flexibility index (Phi) is 5.74. The predicted octanol–water partition coefficient (Wildman–Crippen LogP) is 1.70. The van der Waals surface area contributed by atoms with Gasteiger partial charge in [0.15, 0.2) is 12.3 Å². The van der Waals surface area contributed by atoms with E-state index in [1.807, 2.05) is 0 Å². The van der Waals surface area contributed by atoms with Gasteiger partial charge in [-0.15, -0.1) is 0 Å². The summed E-state index contributed by atoms with van der Waals surface area (Å²) in [6, 6.07) is 4.85. The molecule has 0 aromatic heterocycles. The number of methoxy groups -OCH3 is 3. The molecule has 0 spiro atoms. The minimum absolute atomic E-state index is 0.298. The van der Waals surface area contributed by atoms with Crippen LogP contribution in [0.5, 0.6) is 5.75 Å². The number of benzene rings is 1. The van der Waals surface area contributed by atoms with Gasteiger partial charge in [-0.05, 0) is 30.7 Å². The molecule has 1 aromatic carbocycles. The van der Waals surface area contributed by atoms with Crippen LogP contribution < -0.4 is 9.64 Å². The van der Waals surface area contributed by atoms with E-state index in [-0.39, 0.29) is 5.91 Å². The monoisotopic (exact) mass is 338 g/mol. The van der Waals surface area contributed by atoms with Crippen molar-refractivity contribution < 1.29 is 23.9 Å². The molecular weight excluding hydrogens is 316 g/mol. The highest BCUT2D eigenvalue weighted by atomic mass is 16.7. The third-order valence-electron chi connectivity index (χ3n) is 4.39. The summed E-state index contributed by atoms with van der Waals surface area (Å²) in [4.78, 5) is 25.5. The lowest BCUT2D eigenvalue weighted by molar-refractivity contribution is -0.533. The quantitative estimate of drug-likeness (QED) is 0.427. The fourth-order valence-electron chi connectivity index (χ4n) is 3.25. The topological polar surface area (TPSA) is 91.1 Å². The zero-order chi connectivity index (χ0) is 17.9. The Labute approximate surface area is 140 Å². The molecule has 1 amide bonds. The molecule has 8 heteroatoms. The smallest absolute Gasteiger partial charge is 0.250 e. The summed E-state index contributed by atoms with van der Waals surface area (Å²) in [5.41, 5.74) is 0.549. The lowest BCUT2D eigenvalue weighted by atomic mass is 9.96. The first kappa shape index (κ1) is 18.2. The van der Waals surface area contributed by atoms with Crippen molar-refractivity contribution in [3.05, 3.63) is 34.4 Å². The summed E-state index contributed by atoms with van der Waals surface area (Å²) < 4.78 is 15.6. The number of hydrogen-bond donors (Lipinski definition) is 0. The molecule has 1 aliphatic rings. The summed E-state index contributed by atoms with van der Waals surface area (Å²) in [7, 11) is 4.35. The summed E-state index contributed by atoms with van der Waals surface area (Å²) in [5, 5.41) is 11.6. The molecule has 0 bridgehead atoms. The number of ether oxygens (including phenoxy) is 3. The minimum atomic E-state index is -1.10. The van der Waals surface area contributed by atoms with Gasteiger partial charge in [-0.1, -0.05) is 6.92 Å². The maximum atomic E-state index is 12.8. The zero-order valence-corrected chi connectivity index (χ0v) is 14.2. The molecule has 1 aliphatic heterocycles. The van der Waals surface area contributed by atoms with E-state index in [4.69, 9.17) is 14.2 Å². The van der Waals surface area contributed by atoms with E-state index < -0.39 is 29.2 Å². The maximum Gasteiger partial charge on any atom is 0.250 e. The van der Waals surface area contributed by atoms with Gasteiger partial charge < -0.3 is 14.2 Å². The second-order valence-electron chi connectivity index (χ2n) is 5.53. The normalized spacial score (nSPS) is 23.8. The van der Waals surface area contributed by atoms with Crippen molar-refractivity contribution in [3.63, 3.8) is 0 Å². The average Bonchev–Trinajstić information content (AvgIpc) is 2.88. The molecule has 8 nitrogen and oxygen atoms in total. The summed E-state index contributed by atoms with van der Waals surface area (Å²) in [6.45, 7) is 1.77. The highest BCUT2D eigenvalue weighted by molar-refractivity contribution is 5.99. The van der Waals surface area contributed by atoms with Crippen LogP contribution in [0.15, 0.2) is 24.3 Å². The van der Waals surface area contributed by atoms with Crippen molar-refractivity contribution in [1.29, 1.82) is 0 Å². The fourth-order valence-corrected chi connectivity index (χ4v) is 3.25. The Morgan fingerprint density at radius 2 is 1.79 bits per heavy atom. The molecular formula is C16H22N2O6. The van der Waals surface area contributed by atoms with Gasteiger partial charge in [0.1, 0.15) is 11.7 Å². The number of amides is 1. The van der Waals surface area contributed by atoms with Crippen LogP contribution in [0.1, 0.15) is 13.3 Å². The van der Waals surface area contributed by atoms with Gasteiger partial charge in [-0.3, -0.25) is 19.8 Å². The number of carbonyl (C=O) groups excluding carboxylic acids is 1. The van der Waals surface area contributed by atoms with Crippen molar-refractivity contribution in [2.75, 3.05) is 26.2 Å². The number of hydrogen-bond acceptors (Lipinski definition) is 6. The van der Waals surface area contributed by atoms with Crippen LogP contribution in [-0.2, 0) is 14.3 Å². The molecule has 1 fully saturated rings. The van der Waals surface area contributed by atoms with E-state index >= 15 is 0 Å². The van der Waals surface area contributed by atoms with Crippen molar-refractivity contribution in [2.24, 2.45) is 5.92 Å². The number of carbonyl (C=O) groups is 1. The highest BCUT2D eigenvalue weighted by Gasteiger charge is 2.58. The van der Waals surface area contributed by atoms with E-state index in [9.17, 15) is 14.9 Å². The lowest BCUT2D eigenvalue weighted by Crippen LogP contribution is -2.50. The van der Waals surface area contributed by atoms with Crippen molar-refractivity contribution in [1.82, 2.24) is 0 Å². The lowest BCUT2D eigenvalue weighted by Gasteiger charge is -2.30. The average molecular weight is 338 g/mol. The van der Waals surface area contributed by atoms with Crippen molar-refractivity contribution >= 4 is 11.6 Å². The Morgan fingerprint density at radius 1 is 1.21 bits per heavy atom. The van der Waals surface area contributed by atoms with Gasteiger partial charge in [0.25, 0.3) is 0 Å². The molecule has 0 unspecified atom stereocenters. The molecule has 1 saturated heterocycles. The third kappa shape index (κ3) is 3.07. The second kappa shape index (κ2) is 7.59. The Bertz CT molecular complexity index is 587. The Morgan fingerprint density at radius 3 is 2.21 bits per heavy atom. The minimum Gasteiger partial charge on any atom is -0.497 e. The molecule has 0 aliphatic carbocycles. The zero-order valence-electron chi connectivity index (χ0n) is 14.2. The number of anilines is 1. The number of nitro groups is 1. The van der Waals surface area contributed by atoms with Gasteiger partial charge in [-0.2, -0.15) is 0 Å². The highest BCUT2D eigenvalue weighted by Crippen LogP contribution is 2.37. The van der Waals surface area contributed by atoms with Crippen LogP contribution in [-0.4, -0.2) is 50.5 Å². The summed E-state index contributed by atoms with van der Waals surface area (Å²) in [5.74, 6) is -0.386. The fraction of sp³-hybridized carbons (Fsp3) is 0.562. The van der Waals surface area contributed by atoms with E-state index in [1.54, 1.807) is 38.3 Å². The second-order valence-corrected chi connectivity index (χ2v) is 5.53. The molecule has 0 N–H and O–H groups in total. The van der Waals surface area contributed by atoms with Gasteiger partial charge >= 0.3 is 0 Å². The number of nitrogens with zero attached hydrogens (tertiary/aromatic N) is 2. The van der Waals surface area contributed by atoms with Crippen LogP contribution in [0.3, 0.4) is 0 Å². The Balaban J connectivity index is 2.51. The summed E-state index contributed by atoms with van der Waals surface area (Å²) >= 11 is 0. The molecule has 1 heterocycles. The first-order chi connectivity index (χ1) is 11.5. The number of rotatable bonds is 7.